The molecule has 0 heterocycles. The summed E-state index contributed by atoms with van der Waals surface area (Å²) in [5.41, 5.74) is 1.56. The van der Waals surface area contributed by atoms with Gasteiger partial charge in [0.25, 0.3) is 0 Å². The van der Waals surface area contributed by atoms with Crippen LogP contribution in [0.3, 0.4) is 0 Å². The molecule has 2 aromatic carbocycles. The molecule has 0 unspecified atom stereocenters. The number of phenolic OH excluding ortho intramolecular Hbond substituents is 1. The number of carboxylic acids is 1. The van der Waals surface area contributed by atoms with Gasteiger partial charge in [-0.25, -0.2) is 4.79 Å². The van der Waals surface area contributed by atoms with Crippen LogP contribution in [0, 0.1) is 0 Å². The molecule has 0 aliphatic heterocycles. The van der Waals surface area contributed by atoms with Crippen LogP contribution in [0.25, 0.3) is 11.6 Å². The van der Waals surface area contributed by atoms with Crippen LogP contribution in [0.2, 0.25) is 0 Å². The molecule has 2 N–H and O–H groups in total. The fourth-order valence-corrected chi connectivity index (χ4v) is 1.90. The quantitative estimate of drug-likeness (QED) is 0.669. The van der Waals surface area contributed by atoms with Gasteiger partial charge in [-0.05, 0) is 41.5 Å². The van der Waals surface area contributed by atoms with Gasteiger partial charge in [0.05, 0.1) is 5.57 Å². The minimum atomic E-state index is -0.990. The minimum absolute atomic E-state index is 0.151. The average molecular weight is 319 g/mol. The zero-order valence-corrected chi connectivity index (χ0v) is 11.5. The van der Waals surface area contributed by atoms with Crippen LogP contribution in [-0.4, -0.2) is 16.2 Å². The van der Waals surface area contributed by atoms with Crippen LogP contribution >= 0.6 is 15.9 Å². The van der Waals surface area contributed by atoms with Gasteiger partial charge in [-0.2, -0.15) is 0 Å². The monoisotopic (exact) mass is 318 g/mol. The van der Waals surface area contributed by atoms with Crippen molar-refractivity contribution in [3.63, 3.8) is 0 Å². The van der Waals surface area contributed by atoms with Gasteiger partial charge < -0.3 is 10.2 Å². The number of rotatable bonds is 3. The summed E-state index contributed by atoms with van der Waals surface area (Å²) in [4.78, 5) is 11.3. The third-order valence-electron chi connectivity index (χ3n) is 2.59. The zero-order chi connectivity index (χ0) is 13.8. The van der Waals surface area contributed by atoms with E-state index in [1.807, 2.05) is 0 Å². The fourth-order valence-electron chi connectivity index (χ4n) is 1.64. The van der Waals surface area contributed by atoms with Crippen LogP contribution in [0.1, 0.15) is 11.1 Å². The standard InChI is InChI=1S/C15H11BrO3/c16-12-5-3-11(4-6-12)14(15(18)19)9-10-1-7-13(17)8-2-10/h1-9,17H,(H,18,19)/b14-9-. The van der Waals surface area contributed by atoms with E-state index in [-0.39, 0.29) is 11.3 Å². The summed E-state index contributed by atoms with van der Waals surface area (Å²) in [6, 6.07) is 13.4. The first-order valence-electron chi connectivity index (χ1n) is 5.56. The summed E-state index contributed by atoms with van der Waals surface area (Å²) in [5.74, 6) is -0.840. The smallest absolute Gasteiger partial charge is 0.336 e. The Balaban J connectivity index is 2.43. The van der Waals surface area contributed by atoms with Crippen molar-refractivity contribution in [3.05, 3.63) is 64.1 Å². The van der Waals surface area contributed by atoms with Crippen molar-refractivity contribution in [2.24, 2.45) is 0 Å². The largest absolute Gasteiger partial charge is 0.508 e. The second-order valence-corrected chi connectivity index (χ2v) is 4.88. The second kappa shape index (κ2) is 5.71. The Hall–Kier alpha value is -2.07. The highest BCUT2D eigenvalue weighted by molar-refractivity contribution is 9.10. The summed E-state index contributed by atoms with van der Waals surface area (Å²) in [5, 5.41) is 18.5. The molecule has 0 bridgehead atoms. The maximum absolute atomic E-state index is 11.3. The number of carboxylic acid groups (broad SMARTS) is 1. The molecule has 0 aliphatic carbocycles. The molecule has 0 fully saturated rings. The zero-order valence-electron chi connectivity index (χ0n) is 9.88. The van der Waals surface area contributed by atoms with Crippen LogP contribution in [0.15, 0.2) is 53.0 Å². The molecule has 4 heteroatoms. The third kappa shape index (κ3) is 3.45. The first-order valence-corrected chi connectivity index (χ1v) is 6.35. The molecular formula is C15H11BrO3. The lowest BCUT2D eigenvalue weighted by molar-refractivity contribution is -0.130. The van der Waals surface area contributed by atoms with Crippen LogP contribution in [0.4, 0.5) is 0 Å². The number of aliphatic carboxylic acids is 1. The van der Waals surface area contributed by atoms with E-state index in [1.165, 1.54) is 12.1 Å². The number of aromatic hydroxyl groups is 1. The van der Waals surface area contributed by atoms with E-state index in [2.05, 4.69) is 15.9 Å². The summed E-state index contributed by atoms with van der Waals surface area (Å²) >= 11 is 3.31. The van der Waals surface area contributed by atoms with Crippen molar-refractivity contribution < 1.29 is 15.0 Å². The Labute approximate surface area is 119 Å². The minimum Gasteiger partial charge on any atom is -0.508 e. The first-order chi connectivity index (χ1) is 9.06. The van der Waals surface area contributed by atoms with Crippen molar-refractivity contribution in [1.82, 2.24) is 0 Å². The summed E-state index contributed by atoms with van der Waals surface area (Å²) in [7, 11) is 0. The summed E-state index contributed by atoms with van der Waals surface area (Å²) in [6.45, 7) is 0. The number of benzene rings is 2. The van der Waals surface area contributed by atoms with Gasteiger partial charge in [0, 0.05) is 4.47 Å². The Bertz CT molecular complexity index is 613. The number of hydrogen-bond donors (Lipinski definition) is 2. The lowest BCUT2D eigenvalue weighted by Crippen LogP contribution is -1.99. The highest BCUT2D eigenvalue weighted by Gasteiger charge is 2.10. The van der Waals surface area contributed by atoms with Gasteiger partial charge in [-0.3, -0.25) is 0 Å². The molecule has 2 rings (SSSR count). The second-order valence-electron chi connectivity index (χ2n) is 3.96. The topological polar surface area (TPSA) is 57.5 Å². The molecule has 2 aromatic rings. The number of halogens is 1. The maximum atomic E-state index is 11.3. The average Bonchev–Trinajstić information content (AvgIpc) is 2.39. The molecule has 0 aliphatic rings. The molecule has 96 valence electrons. The van der Waals surface area contributed by atoms with Gasteiger partial charge >= 0.3 is 5.97 Å². The molecular weight excluding hydrogens is 308 g/mol. The van der Waals surface area contributed by atoms with Crippen LogP contribution < -0.4 is 0 Å². The molecule has 0 amide bonds. The van der Waals surface area contributed by atoms with Crippen molar-refractivity contribution in [3.8, 4) is 5.75 Å². The summed E-state index contributed by atoms with van der Waals surface area (Å²) in [6.07, 6.45) is 1.57. The number of phenols is 1. The van der Waals surface area contributed by atoms with E-state index in [0.717, 1.165) is 10.0 Å². The molecule has 19 heavy (non-hydrogen) atoms. The van der Waals surface area contributed by atoms with E-state index < -0.39 is 5.97 Å². The van der Waals surface area contributed by atoms with E-state index >= 15 is 0 Å². The van der Waals surface area contributed by atoms with E-state index in [9.17, 15) is 15.0 Å². The molecule has 0 saturated heterocycles. The van der Waals surface area contributed by atoms with Crippen molar-refractivity contribution >= 4 is 33.5 Å². The summed E-state index contributed by atoms with van der Waals surface area (Å²) < 4.78 is 0.894. The van der Waals surface area contributed by atoms with Crippen LogP contribution in [-0.2, 0) is 4.79 Å². The third-order valence-corrected chi connectivity index (χ3v) is 3.12. The van der Waals surface area contributed by atoms with E-state index in [0.29, 0.717) is 5.56 Å². The molecule has 0 aromatic heterocycles. The molecule has 0 radical (unpaired) electrons. The van der Waals surface area contributed by atoms with Gasteiger partial charge in [-0.1, -0.05) is 40.2 Å². The molecule has 0 spiro atoms. The predicted octanol–water partition coefficient (Wildman–Crippen LogP) is 3.78. The van der Waals surface area contributed by atoms with Gasteiger partial charge in [-0.15, -0.1) is 0 Å². The van der Waals surface area contributed by atoms with Crippen LogP contribution in [0.5, 0.6) is 5.75 Å². The predicted molar refractivity (Wildman–Crippen MR) is 77.8 cm³/mol. The Morgan fingerprint density at radius 2 is 1.58 bits per heavy atom. The Morgan fingerprint density at radius 3 is 2.11 bits per heavy atom. The van der Waals surface area contributed by atoms with Gasteiger partial charge in [0.15, 0.2) is 0 Å². The maximum Gasteiger partial charge on any atom is 0.336 e. The highest BCUT2D eigenvalue weighted by atomic mass is 79.9. The molecule has 0 atom stereocenters. The normalized spacial score (nSPS) is 11.3. The SMILES string of the molecule is O=C(O)/C(=C\c1ccc(O)cc1)c1ccc(Br)cc1. The van der Waals surface area contributed by atoms with Crippen molar-refractivity contribution in [2.45, 2.75) is 0 Å². The molecule has 3 nitrogen and oxygen atoms in total. The van der Waals surface area contributed by atoms with Crippen molar-refractivity contribution in [1.29, 1.82) is 0 Å². The fraction of sp³-hybridized carbons (Fsp3) is 0. The van der Waals surface area contributed by atoms with Gasteiger partial charge in [0.2, 0.25) is 0 Å². The number of carbonyl (C=O) groups is 1. The van der Waals surface area contributed by atoms with Gasteiger partial charge in [0.1, 0.15) is 5.75 Å². The first kappa shape index (κ1) is 13.4. The Morgan fingerprint density at radius 1 is 1.00 bits per heavy atom. The van der Waals surface area contributed by atoms with E-state index in [1.54, 1.807) is 42.5 Å². The lowest BCUT2D eigenvalue weighted by Gasteiger charge is -2.03. The van der Waals surface area contributed by atoms with Crippen molar-refractivity contribution in [2.75, 3.05) is 0 Å². The Kier molecular flexibility index (Phi) is 4.02. The number of hydrogen-bond acceptors (Lipinski definition) is 2. The lowest BCUT2D eigenvalue weighted by atomic mass is 10.0. The van der Waals surface area contributed by atoms with E-state index in [4.69, 9.17) is 0 Å². The highest BCUT2D eigenvalue weighted by Crippen LogP contribution is 2.21. The molecule has 0 saturated carbocycles.